The van der Waals surface area contributed by atoms with Crippen molar-refractivity contribution in [1.29, 1.82) is 0 Å². The van der Waals surface area contributed by atoms with Gasteiger partial charge in [0.15, 0.2) is 0 Å². The van der Waals surface area contributed by atoms with E-state index in [0.29, 0.717) is 22.4 Å². The first-order valence-corrected chi connectivity index (χ1v) is 6.73. The highest BCUT2D eigenvalue weighted by molar-refractivity contribution is 5.96. The number of para-hydroxylation sites is 1. The minimum absolute atomic E-state index is 0.123. The second kappa shape index (κ2) is 5.42. The molecule has 1 aromatic heterocycles. The zero-order valence-electron chi connectivity index (χ0n) is 11.7. The van der Waals surface area contributed by atoms with E-state index in [1.54, 1.807) is 24.3 Å². The Hall–Kier alpha value is -2.99. The van der Waals surface area contributed by atoms with Crippen molar-refractivity contribution >= 4 is 16.8 Å². The molecule has 2 aromatic carbocycles. The largest absolute Gasteiger partial charge is 0.366 e. The highest BCUT2D eigenvalue weighted by Crippen LogP contribution is 2.14. The summed E-state index contributed by atoms with van der Waals surface area (Å²) < 4.78 is 1.45. The normalized spacial score (nSPS) is 10.8. The van der Waals surface area contributed by atoms with E-state index in [0.717, 1.165) is 0 Å². The van der Waals surface area contributed by atoms with E-state index in [4.69, 9.17) is 11.5 Å². The molecule has 110 valence electrons. The van der Waals surface area contributed by atoms with E-state index >= 15 is 0 Å². The van der Waals surface area contributed by atoms with E-state index in [1.165, 1.54) is 10.6 Å². The van der Waals surface area contributed by atoms with Gasteiger partial charge in [-0.05, 0) is 30.3 Å². The van der Waals surface area contributed by atoms with Crippen LogP contribution in [-0.4, -0.2) is 15.5 Å². The highest BCUT2D eigenvalue weighted by Gasteiger charge is 2.13. The molecule has 0 saturated carbocycles. The van der Waals surface area contributed by atoms with Gasteiger partial charge in [-0.25, -0.2) is 4.98 Å². The molecule has 0 aliphatic heterocycles. The number of fused-ring (bicyclic) bond motifs is 1. The third-order valence-electron chi connectivity index (χ3n) is 3.42. The van der Waals surface area contributed by atoms with Gasteiger partial charge in [0.05, 0.1) is 23.1 Å². The predicted molar refractivity (Wildman–Crippen MR) is 83.7 cm³/mol. The van der Waals surface area contributed by atoms with Crippen molar-refractivity contribution in [3.63, 3.8) is 0 Å². The molecule has 0 aliphatic rings. The number of benzene rings is 2. The molecule has 0 spiro atoms. The highest BCUT2D eigenvalue weighted by atomic mass is 16.1. The number of nitrogens with zero attached hydrogens (tertiary/aromatic N) is 2. The summed E-state index contributed by atoms with van der Waals surface area (Å²) in [7, 11) is 0. The number of nitrogens with two attached hydrogens (primary N) is 2. The van der Waals surface area contributed by atoms with Crippen LogP contribution in [0.2, 0.25) is 0 Å². The Morgan fingerprint density at radius 3 is 2.50 bits per heavy atom. The van der Waals surface area contributed by atoms with E-state index in [9.17, 15) is 9.59 Å². The maximum absolute atomic E-state index is 12.8. The van der Waals surface area contributed by atoms with Crippen LogP contribution in [0.5, 0.6) is 0 Å². The molecule has 0 saturated heterocycles. The molecule has 0 unspecified atom stereocenters. The van der Waals surface area contributed by atoms with Gasteiger partial charge in [0.2, 0.25) is 5.91 Å². The number of rotatable bonds is 3. The minimum Gasteiger partial charge on any atom is -0.366 e. The van der Waals surface area contributed by atoms with Gasteiger partial charge < -0.3 is 11.5 Å². The van der Waals surface area contributed by atoms with E-state index in [1.807, 2.05) is 18.2 Å². The number of hydrogen-bond acceptors (Lipinski definition) is 4. The number of aromatic nitrogens is 2. The molecular weight excluding hydrogens is 280 g/mol. The third kappa shape index (κ3) is 2.25. The van der Waals surface area contributed by atoms with Gasteiger partial charge in [0, 0.05) is 5.56 Å². The molecule has 3 rings (SSSR count). The van der Waals surface area contributed by atoms with Gasteiger partial charge in [-0.3, -0.25) is 14.2 Å². The molecule has 3 aromatic rings. The summed E-state index contributed by atoms with van der Waals surface area (Å²) in [4.78, 5) is 28.5. The van der Waals surface area contributed by atoms with Crippen LogP contribution < -0.4 is 17.0 Å². The van der Waals surface area contributed by atoms with Crippen LogP contribution in [0.4, 0.5) is 0 Å². The Balaban J connectivity index is 2.38. The van der Waals surface area contributed by atoms with Gasteiger partial charge in [-0.1, -0.05) is 18.2 Å². The molecule has 0 bridgehead atoms. The fourth-order valence-electron chi connectivity index (χ4n) is 2.37. The van der Waals surface area contributed by atoms with Crippen molar-refractivity contribution in [2.24, 2.45) is 11.5 Å². The van der Waals surface area contributed by atoms with Crippen molar-refractivity contribution in [3.05, 3.63) is 70.3 Å². The van der Waals surface area contributed by atoms with Crippen LogP contribution in [0.3, 0.4) is 0 Å². The Labute approximate surface area is 126 Å². The minimum atomic E-state index is -0.588. The number of primary amides is 1. The van der Waals surface area contributed by atoms with E-state index < -0.39 is 5.91 Å². The maximum atomic E-state index is 12.8. The Morgan fingerprint density at radius 1 is 1.14 bits per heavy atom. The van der Waals surface area contributed by atoms with Gasteiger partial charge in [-0.2, -0.15) is 0 Å². The summed E-state index contributed by atoms with van der Waals surface area (Å²) in [5.74, 6) is -0.133. The molecule has 4 N–H and O–H groups in total. The quantitative estimate of drug-likeness (QED) is 0.750. The standard InChI is InChI=1S/C16H14N4O2/c17-9-14-19-13-7-6-10(15(18)21)8-12(13)16(22)20(14)11-4-2-1-3-5-11/h1-8H,9,17H2,(H2,18,21). The Morgan fingerprint density at radius 2 is 1.86 bits per heavy atom. The maximum Gasteiger partial charge on any atom is 0.266 e. The van der Waals surface area contributed by atoms with Crippen LogP contribution in [0.25, 0.3) is 16.6 Å². The van der Waals surface area contributed by atoms with Crippen molar-refractivity contribution in [2.45, 2.75) is 6.54 Å². The van der Waals surface area contributed by atoms with Crippen LogP contribution in [0, 0.1) is 0 Å². The summed E-state index contributed by atoms with van der Waals surface area (Å²) in [5.41, 5.74) is 12.2. The molecule has 22 heavy (non-hydrogen) atoms. The third-order valence-corrected chi connectivity index (χ3v) is 3.42. The average Bonchev–Trinajstić information content (AvgIpc) is 2.55. The lowest BCUT2D eigenvalue weighted by atomic mass is 10.1. The number of carbonyl (C=O) groups excluding carboxylic acids is 1. The van der Waals surface area contributed by atoms with Crippen LogP contribution >= 0.6 is 0 Å². The molecule has 0 atom stereocenters. The molecule has 6 nitrogen and oxygen atoms in total. The van der Waals surface area contributed by atoms with E-state index in [2.05, 4.69) is 4.98 Å². The number of hydrogen-bond donors (Lipinski definition) is 2. The van der Waals surface area contributed by atoms with Gasteiger partial charge in [0.1, 0.15) is 5.82 Å². The fourth-order valence-corrected chi connectivity index (χ4v) is 2.37. The monoisotopic (exact) mass is 294 g/mol. The van der Waals surface area contributed by atoms with Crippen LogP contribution in [-0.2, 0) is 6.54 Å². The van der Waals surface area contributed by atoms with Crippen molar-refractivity contribution < 1.29 is 4.79 Å². The lowest BCUT2D eigenvalue weighted by molar-refractivity contribution is 0.100. The van der Waals surface area contributed by atoms with Gasteiger partial charge in [0.25, 0.3) is 5.56 Å². The second-order valence-corrected chi connectivity index (χ2v) is 4.80. The number of carbonyl (C=O) groups is 1. The molecule has 0 aliphatic carbocycles. The molecule has 1 amide bonds. The Kier molecular flexibility index (Phi) is 3.44. The summed E-state index contributed by atoms with van der Waals surface area (Å²) in [6.45, 7) is 0.123. The number of amides is 1. The topological polar surface area (TPSA) is 104 Å². The molecule has 6 heteroatoms. The first-order valence-electron chi connectivity index (χ1n) is 6.73. The van der Waals surface area contributed by atoms with Crippen molar-refractivity contribution in [1.82, 2.24) is 9.55 Å². The summed E-state index contributed by atoms with van der Waals surface area (Å²) in [6.07, 6.45) is 0. The first-order chi connectivity index (χ1) is 10.6. The summed E-state index contributed by atoms with van der Waals surface area (Å²) in [6, 6.07) is 13.7. The van der Waals surface area contributed by atoms with Gasteiger partial charge >= 0.3 is 0 Å². The summed E-state index contributed by atoms with van der Waals surface area (Å²) in [5, 5.41) is 0.331. The lowest BCUT2D eigenvalue weighted by Gasteiger charge is -2.12. The SMILES string of the molecule is NCc1nc2ccc(C(N)=O)cc2c(=O)n1-c1ccccc1. The first kappa shape index (κ1) is 14.0. The van der Waals surface area contributed by atoms with E-state index in [-0.39, 0.29) is 17.7 Å². The zero-order chi connectivity index (χ0) is 15.7. The lowest BCUT2D eigenvalue weighted by Crippen LogP contribution is -2.26. The molecule has 0 fully saturated rings. The van der Waals surface area contributed by atoms with Crippen molar-refractivity contribution in [2.75, 3.05) is 0 Å². The van der Waals surface area contributed by atoms with Crippen LogP contribution in [0.1, 0.15) is 16.2 Å². The second-order valence-electron chi connectivity index (χ2n) is 4.80. The summed E-state index contributed by atoms with van der Waals surface area (Å²) >= 11 is 0. The van der Waals surface area contributed by atoms with Gasteiger partial charge in [-0.15, -0.1) is 0 Å². The molecule has 1 heterocycles. The fraction of sp³-hybridized carbons (Fsp3) is 0.0625. The van der Waals surface area contributed by atoms with Crippen LogP contribution in [0.15, 0.2) is 53.3 Å². The zero-order valence-corrected chi connectivity index (χ0v) is 11.7. The Bertz CT molecular complexity index is 917. The van der Waals surface area contributed by atoms with Crippen molar-refractivity contribution in [3.8, 4) is 5.69 Å². The molecular formula is C16H14N4O2. The molecule has 0 radical (unpaired) electrons. The smallest absolute Gasteiger partial charge is 0.266 e. The average molecular weight is 294 g/mol. The predicted octanol–water partition coefficient (Wildman–Crippen LogP) is 0.943.